The summed E-state index contributed by atoms with van der Waals surface area (Å²) in [6, 6.07) is 12.6. The van der Waals surface area contributed by atoms with Gasteiger partial charge in [0.2, 0.25) is 8.32 Å². The lowest BCUT2D eigenvalue weighted by molar-refractivity contribution is -0.274. The second kappa shape index (κ2) is 6.86. The highest BCUT2D eigenvalue weighted by molar-refractivity contribution is 6.70. The van der Waals surface area contributed by atoms with Gasteiger partial charge in [-0.1, -0.05) is 24.3 Å². The van der Waals surface area contributed by atoms with Crippen molar-refractivity contribution in [2.24, 2.45) is 5.73 Å². The second-order valence-corrected chi connectivity index (χ2v) is 10.8. The van der Waals surface area contributed by atoms with E-state index in [0.717, 1.165) is 11.3 Å². The quantitative estimate of drug-likeness (QED) is 0.780. The summed E-state index contributed by atoms with van der Waals surface area (Å²) >= 11 is 0. The van der Waals surface area contributed by atoms with Gasteiger partial charge < -0.3 is 14.9 Å². The number of nitrogens with two attached hydrogens (primary N) is 1. The molecule has 0 aliphatic heterocycles. The number of hydrogen-bond donors (Lipinski definition) is 1. The second-order valence-electron chi connectivity index (χ2n) is 6.38. The van der Waals surface area contributed by atoms with Gasteiger partial charge in [0.15, 0.2) is 0 Å². The molecule has 0 fully saturated rings. The molecule has 2 aromatic rings. The van der Waals surface area contributed by atoms with Crippen molar-refractivity contribution in [3.8, 4) is 11.5 Å². The van der Waals surface area contributed by atoms with Crippen LogP contribution in [0.1, 0.15) is 17.2 Å². The van der Waals surface area contributed by atoms with Crippen LogP contribution in [0.4, 0.5) is 13.2 Å². The van der Waals surface area contributed by atoms with Crippen LogP contribution in [0.5, 0.6) is 11.5 Å². The van der Waals surface area contributed by atoms with Crippen molar-refractivity contribution in [1.29, 1.82) is 0 Å². The van der Waals surface area contributed by atoms with E-state index in [4.69, 9.17) is 10.2 Å². The Labute approximate surface area is 140 Å². The van der Waals surface area contributed by atoms with Crippen LogP contribution < -0.4 is 14.9 Å². The highest BCUT2D eigenvalue weighted by Crippen LogP contribution is 2.27. The van der Waals surface area contributed by atoms with Crippen LogP contribution in [0.25, 0.3) is 0 Å². The van der Waals surface area contributed by atoms with E-state index in [1.54, 1.807) is 0 Å². The zero-order valence-electron chi connectivity index (χ0n) is 13.7. The van der Waals surface area contributed by atoms with Gasteiger partial charge >= 0.3 is 6.36 Å². The molecule has 0 aliphatic rings. The lowest BCUT2D eigenvalue weighted by Gasteiger charge is -2.20. The maximum atomic E-state index is 12.2. The van der Waals surface area contributed by atoms with E-state index in [2.05, 4.69) is 24.4 Å². The van der Waals surface area contributed by atoms with Crippen LogP contribution in [0.3, 0.4) is 0 Å². The Morgan fingerprint density at radius 3 is 1.62 bits per heavy atom. The fourth-order valence-corrected chi connectivity index (χ4v) is 3.01. The Morgan fingerprint density at radius 1 is 0.833 bits per heavy atom. The summed E-state index contributed by atoms with van der Waals surface area (Å²) in [7, 11) is -1.67. The number of hydrogen-bond acceptors (Lipinski definition) is 3. The molecule has 1 atom stereocenters. The minimum Gasteiger partial charge on any atom is -0.544 e. The molecule has 2 rings (SSSR count). The number of rotatable bonds is 5. The van der Waals surface area contributed by atoms with E-state index >= 15 is 0 Å². The molecule has 3 nitrogen and oxygen atoms in total. The topological polar surface area (TPSA) is 44.5 Å². The van der Waals surface area contributed by atoms with Crippen LogP contribution in [0.2, 0.25) is 19.6 Å². The van der Waals surface area contributed by atoms with Crippen LogP contribution >= 0.6 is 0 Å². The van der Waals surface area contributed by atoms with Gasteiger partial charge in [0, 0.05) is 0 Å². The smallest absolute Gasteiger partial charge is 0.544 e. The fraction of sp³-hybridized carbons (Fsp3) is 0.294. The molecule has 0 saturated carbocycles. The average Bonchev–Trinajstić information content (AvgIpc) is 2.45. The molecule has 0 saturated heterocycles. The third-order valence-electron chi connectivity index (χ3n) is 3.14. The van der Waals surface area contributed by atoms with Crippen molar-refractivity contribution in [2.75, 3.05) is 0 Å². The zero-order valence-corrected chi connectivity index (χ0v) is 14.7. The number of alkyl halides is 3. The van der Waals surface area contributed by atoms with Gasteiger partial charge in [0.25, 0.3) is 0 Å². The Kier molecular flexibility index (Phi) is 5.25. The minimum absolute atomic E-state index is 0.266. The summed E-state index contributed by atoms with van der Waals surface area (Å²) < 4.78 is 46.2. The molecular formula is C17H20F3NO2Si. The molecule has 0 bridgehead atoms. The van der Waals surface area contributed by atoms with Gasteiger partial charge in [0.05, 0.1) is 6.04 Å². The van der Waals surface area contributed by atoms with Crippen molar-refractivity contribution >= 4 is 8.32 Å². The third-order valence-corrected chi connectivity index (χ3v) is 3.98. The van der Waals surface area contributed by atoms with E-state index in [0.29, 0.717) is 5.56 Å². The molecule has 24 heavy (non-hydrogen) atoms. The molecule has 7 heteroatoms. The van der Waals surface area contributed by atoms with Gasteiger partial charge in [-0.25, -0.2) is 0 Å². The van der Waals surface area contributed by atoms with Gasteiger partial charge in [-0.2, -0.15) is 0 Å². The molecule has 0 spiro atoms. The fourth-order valence-electron chi connectivity index (χ4n) is 2.17. The Bertz CT molecular complexity index is 605. The number of ether oxygens (including phenoxy) is 1. The first-order chi connectivity index (χ1) is 11.0. The highest BCUT2D eigenvalue weighted by atomic mass is 28.4. The lowest BCUT2D eigenvalue weighted by atomic mass is 9.99. The largest absolute Gasteiger partial charge is 0.573 e. The molecule has 0 aromatic heterocycles. The molecule has 0 aliphatic carbocycles. The molecule has 130 valence electrons. The van der Waals surface area contributed by atoms with Crippen LogP contribution in [0, 0.1) is 0 Å². The summed E-state index contributed by atoms with van der Waals surface area (Å²) in [6.07, 6.45) is -4.70. The molecule has 0 heterocycles. The van der Waals surface area contributed by atoms with E-state index in [-0.39, 0.29) is 5.75 Å². The lowest BCUT2D eigenvalue weighted by Crippen LogP contribution is -2.29. The summed E-state index contributed by atoms with van der Waals surface area (Å²) in [4.78, 5) is 0. The van der Waals surface area contributed by atoms with E-state index in [9.17, 15) is 13.2 Å². The van der Waals surface area contributed by atoms with Crippen molar-refractivity contribution in [3.63, 3.8) is 0 Å². The molecule has 0 unspecified atom stereocenters. The van der Waals surface area contributed by atoms with Crippen LogP contribution in [-0.2, 0) is 0 Å². The summed E-state index contributed by atoms with van der Waals surface area (Å²) in [6.45, 7) is 6.28. The molecule has 2 aromatic carbocycles. The van der Waals surface area contributed by atoms with Gasteiger partial charge in [-0.15, -0.1) is 13.2 Å². The minimum atomic E-state index is -4.70. The predicted octanol–water partition coefficient (Wildman–Crippen LogP) is 4.85. The third kappa shape index (κ3) is 5.57. The standard InChI is InChI=1S/C17H20F3NO2Si/c1-24(2,3)23-15-10-6-13(7-11-15)16(21)12-4-8-14(9-5-12)22-17(18,19)20/h4-11,16H,21H2,1-3H3/t16-/m1/s1. The van der Waals surface area contributed by atoms with E-state index in [1.165, 1.54) is 24.3 Å². The van der Waals surface area contributed by atoms with Gasteiger partial charge in [-0.05, 0) is 55.0 Å². The first-order valence-corrected chi connectivity index (χ1v) is 10.8. The summed E-state index contributed by atoms with van der Waals surface area (Å²) in [5.41, 5.74) is 7.72. The number of halogens is 3. The van der Waals surface area contributed by atoms with E-state index < -0.39 is 20.7 Å². The van der Waals surface area contributed by atoms with Gasteiger partial charge in [0.1, 0.15) is 11.5 Å². The monoisotopic (exact) mass is 355 g/mol. The highest BCUT2D eigenvalue weighted by Gasteiger charge is 2.31. The summed E-state index contributed by atoms with van der Waals surface area (Å²) in [5, 5.41) is 0. The maximum Gasteiger partial charge on any atom is 0.573 e. The van der Waals surface area contributed by atoms with Crippen molar-refractivity contribution in [1.82, 2.24) is 0 Å². The molecule has 0 amide bonds. The predicted molar refractivity (Wildman–Crippen MR) is 89.6 cm³/mol. The average molecular weight is 355 g/mol. The maximum absolute atomic E-state index is 12.2. The van der Waals surface area contributed by atoms with Gasteiger partial charge in [-0.3, -0.25) is 0 Å². The SMILES string of the molecule is C[Si](C)(C)Oc1ccc([C@H](N)c2ccc(OC(F)(F)F)cc2)cc1. The molecule has 2 N–H and O–H groups in total. The number of benzene rings is 2. The zero-order chi connectivity index (χ0) is 18.0. The van der Waals surface area contributed by atoms with E-state index in [1.807, 2.05) is 24.3 Å². The Hall–Kier alpha value is -1.99. The molecular weight excluding hydrogens is 335 g/mol. The van der Waals surface area contributed by atoms with Crippen LogP contribution in [-0.4, -0.2) is 14.7 Å². The first-order valence-electron chi connectivity index (χ1n) is 7.44. The molecule has 0 radical (unpaired) electrons. The normalized spacial score (nSPS) is 13.5. The Balaban J connectivity index is 2.09. The van der Waals surface area contributed by atoms with Crippen molar-refractivity contribution in [2.45, 2.75) is 32.0 Å². The Morgan fingerprint density at radius 2 is 1.25 bits per heavy atom. The van der Waals surface area contributed by atoms with Crippen LogP contribution in [0.15, 0.2) is 48.5 Å². The van der Waals surface area contributed by atoms with Crippen molar-refractivity contribution < 1.29 is 22.3 Å². The van der Waals surface area contributed by atoms with Crippen molar-refractivity contribution in [3.05, 3.63) is 59.7 Å². The summed E-state index contributed by atoms with van der Waals surface area (Å²) in [5.74, 6) is 0.524. The first kappa shape index (κ1) is 18.3.